The molecule has 2 aromatic heterocycles. The first-order chi connectivity index (χ1) is 11.1. The van der Waals surface area contributed by atoms with Gasteiger partial charge in [-0.2, -0.15) is 0 Å². The summed E-state index contributed by atoms with van der Waals surface area (Å²) in [5.74, 6) is -0.378. The van der Waals surface area contributed by atoms with Gasteiger partial charge in [0.1, 0.15) is 5.82 Å². The lowest BCUT2D eigenvalue weighted by Crippen LogP contribution is -2.40. The number of hydrogen-bond acceptors (Lipinski definition) is 4. The number of aliphatic carboxylic acids is 1. The standard InChI is InChI=1S/C16H20N4O3/c1-2-4-13-17-18-14-12(5-3-8-20(13)14)15(21)19-9-6-11(7-10-19)16(22)23/h3,5,8,11H,2,4,6-7,9-10H2,1H3,(H,22,23). The minimum Gasteiger partial charge on any atom is -0.481 e. The summed E-state index contributed by atoms with van der Waals surface area (Å²) < 4.78 is 1.86. The topological polar surface area (TPSA) is 87.8 Å². The number of nitrogens with zero attached hydrogens (tertiary/aromatic N) is 4. The van der Waals surface area contributed by atoms with Crippen molar-refractivity contribution in [2.75, 3.05) is 13.1 Å². The number of rotatable bonds is 4. The quantitative estimate of drug-likeness (QED) is 0.926. The van der Waals surface area contributed by atoms with Gasteiger partial charge < -0.3 is 10.0 Å². The zero-order chi connectivity index (χ0) is 16.4. The Kier molecular flexibility index (Phi) is 4.27. The predicted molar refractivity (Wildman–Crippen MR) is 83.2 cm³/mol. The van der Waals surface area contributed by atoms with Gasteiger partial charge >= 0.3 is 5.97 Å². The summed E-state index contributed by atoms with van der Waals surface area (Å²) in [6.07, 6.45) is 4.63. The van der Waals surface area contributed by atoms with Crippen LogP contribution in [0.4, 0.5) is 0 Å². The number of carboxylic acids is 1. The number of carboxylic acid groups (broad SMARTS) is 1. The first-order valence-corrected chi connectivity index (χ1v) is 7.96. The molecule has 3 rings (SSSR count). The van der Waals surface area contributed by atoms with Gasteiger partial charge in [-0.3, -0.25) is 14.0 Å². The van der Waals surface area contributed by atoms with Gasteiger partial charge in [0.2, 0.25) is 0 Å². The molecular weight excluding hydrogens is 296 g/mol. The van der Waals surface area contributed by atoms with Crippen LogP contribution in [0.25, 0.3) is 5.65 Å². The van der Waals surface area contributed by atoms with Crippen LogP contribution in [0.1, 0.15) is 42.4 Å². The van der Waals surface area contributed by atoms with Crippen LogP contribution < -0.4 is 0 Å². The summed E-state index contributed by atoms with van der Waals surface area (Å²) in [7, 11) is 0. The summed E-state index contributed by atoms with van der Waals surface area (Å²) in [4.78, 5) is 25.5. The van der Waals surface area contributed by atoms with Crippen LogP contribution in [0.2, 0.25) is 0 Å². The van der Waals surface area contributed by atoms with Crippen molar-refractivity contribution in [1.29, 1.82) is 0 Å². The lowest BCUT2D eigenvalue weighted by molar-refractivity contribution is -0.143. The molecule has 0 saturated carbocycles. The molecule has 0 aromatic carbocycles. The molecule has 0 spiro atoms. The largest absolute Gasteiger partial charge is 0.481 e. The zero-order valence-corrected chi connectivity index (χ0v) is 13.1. The molecule has 0 atom stereocenters. The van der Waals surface area contributed by atoms with E-state index >= 15 is 0 Å². The lowest BCUT2D eigenvalue weighted by atomic mass is 9.97. The summed E-state index contributed by atoms with van der Waals surface area (Å²) in [5, 5.41) is 17.4. The fourth-order valence-electron chi connectivity index (χ4n) is 3.02. The average Bonchev–Trinajstić information content (AvgIpc) is 2.98. The number of pyridine rings is 1. The van der Waals surface area contributed by atoms with Gasteiger partial charge in [0.25, 0.3) is 5.91 Å². The van der Waals surface area contributed by atoms with Crippen molar-refractivity contribution in [2.24, 2.45) is 5.92 Å². The molecule has 0 bridgehead atoms. The summed E-state index contributed by atoms with van der Waals surface area (Å²) >= 11 is 0. The highest BCUT2D eigenvalue weighted by molar-refractivity contribution is 5.99. The van der Waals surface area contributed by atoms with Crippen LogP contribution in [-0.2, 0) is 11.2 Å². The van der Waals surface area contributed by atoms with Crippen LogP contribution in [0, 0.1) is 5.92 Å². The van der Waals surface area contributed by atoms with Crippen molar-refractivity contribution in [2.45, 2.75) is 32.6 Å². The number of aryl methyl sites for hydroxylation is 1. The fraction of sp³-hybridized carbons (Fsp3) is 0.500. The Balaban J connectivity index is 1.83. The number of amides is 1. The van der Waals surface area contributed by atoms with Gasteiger partial charge in [0.15, 0.2) is 5.65 Å². The Labute approximate surface area is 133 Å². The smallest absolute Gasteiger partial charge is 0.306 e. The SMILES string of the molecule is CCCc1nnc2c(C(=O)N3CCC(C(=O)O)CC3)cccn12. The molecule has 23 heavy (non-hydrogen) atoms. The van der Waals surface area contributed by atoms with E-state index in [4.69, 9.17) is 5.11 Å². The highest BCUT2D eigenvalue weighted by atomic mass is 16.4. The first kappa shape index (κ1) is 15.5. The number of hydrogen-bond donors (Lipinski definition) is 1. The van der Waals surface area contributed by atoms with Gasteiger partial charge in [-0.1, -0.05) is 6.92 Å². The molecule has 0 radical (unpaired) electrons. The fourth-order valence-corrected chi connectivity index (χ4v) is 3.02. The average molecular weight is 316 g/mol. The molecule has 2 aromatic rings. The van der Waals surface area contributed by atoms with E-state index in [1.165, 1.54) is 0 Å². The second kappa shape index (κ2) is 6.36. The highest BCUT2D eigenvalue weighted by Crippen LogP contribution is 2.21. The number of piperidine rings is 1. The second-order valence-corrected chi connectivity index (χ2v) is 5.89. The van der Waals surface area contributed by atoms with Crippen LogP contribution in [0.5, 0.6) is 0 Å². The van der Waals surface area contributed by atoms with Crippen molar-refractivity contribution in [1.82, 2.24) is 19.5 Å². The van der Waals surface area contributed by atoms with E-state index in [0.717, 1.165) is 18.7 Å². The van der Waals surface area contributed by atoms with Crippen molar-refractivity contribution in [3.8, 4) is 0 Å². The molecule has 1 N–H and O–H groups in total. The Hall–Kier alpha value is -2.44. The highest BCUT2D eigenvalue weighted by Gasteiger charge is 2.28. The molecule has 1 saturated heterocycles. The summed E-state index contributed by atoms with van der Waals surface area (Å²) in [6.45, 7) is 3.00. The van der Waals surface area contributed by atoms with Gasteiger partial charge in [0.05, 0.1) is 11.5 Å². The van der Waals surface area contributed by atoms with Gasteiger partial charge in [-0.25, -0.2) is 0 Å². The van der Waals surface area contributed by atoms with E-state index in [2.05, 4.69) is 17.1 Å². The van der Waals surface area contributed by atoms with Crippen LogP contribution in [-0.4, -0.2) is 49.6 Å². The Morgan fingerprint density at radius 1 is 1.30 bits per heavy atom. The third-order valence-electron chi connectivity index (χ3n) is 4.34. The van der Waals surface area contributed by atoms with Crippen LogP contribution >= 0.6 is 0 Å². The van der Waals surface area contributed by atoms with Crippen molar-refractivity contribution in [3.05, 3.63) is 29.7 Å². The van der Waals surface area contributed by atoms with E-state index < -0.39 is 5.97 Å². The number of fused-ring (bicyclic) bond motifs is 1. The number of carbonyl (C=O) groups excluding carboxylic acids is 1. The van der Waals surface area contributed by atoms with Crippen molar-refractivity contribution in [3.63, 3.8) is 0 Å². The molecule has 122 valence electrons. The third kappa shape index (κ3) is 2.91. The minimum absolute atomic E-state index is 0.102. The van der Waals surface area contributed by atoms with E-state index in [1.54, 1.807) is 11.0 Å². The predicted octanol–water partition coefficient (Wildman–Crippen LogP) is 1.62. The minimum atomic E-state index is -0.777. The third-order valence-corrected chi connectivity index (χ3v) is 4.34. The summed E-state index contributed by atoms with van der Waals surface area (Å²) in [5.41, 5.74) is 1.09. The first-order valence-electron chi connectivity index (χ1n) is 7.96. The van der Waals surface area contributed by atoms with Crippen molar-refractivity contribution < 1.29 is 14.7 Å². The van der Waals surface area contributed by atoms with Gasteiger partial charge in [-0.05, 0) is 31.4 Å². The number of aromatic nitrogens is 3. The maximum Gasteiger partial charge on any atom is 0.306 e. The molecule has 7 nitrogen and oxygen atoms in total. The molecule has 7 heteroatoms. The van der Waals surface area contributed by atoms with E-state index in [1.807, 2.05) is 16.7 Å². The lowest BCUT2D eigenvalue weighted by Gasteiger charge is -2.30. The Morgan fingerprint density at radius 3 is 2.70 bits per heavy atom. The molecular formula is C16H20N4O3. The molecule has 0 aliphatic carbocycles. The molecule has 1 fully saturated rings. The molecule has 1 aliphatic heterocycles. The zero-order valence-electron chi connectivity index (χ0n) is 13.1. The number of likely N-dealkylation sites (tertiary alicyclic amines) is 1. The molecule has 1 aliphatic rings. The van der Waals surface area contributed by atoms with Gasteiger partial charge in [0, 0.05) is 25.7 Å². The molecule has 0 unspecified atom stereocenters. The number of carbonyl (C=O) groups is 2. The normalized spacial score (nSPS) is 16.0. The maximum atomic E-state index is 12.8. The second-order valence-electron chi connectivity index (χ2n) is 5.89. The monoisotopic (exact) mass is 316 g/mol. The molecule has 3 heterocycles. The van der Waals surface area contributed by atoms with E-state index in [0.29, 0.717) is 37.1 Å². The van der Waals surface area contributed by atoms with Gasteiger partial charge in [-0.15, -0.1) is 10.2 Å². The summed E-state index contributed by atoms with van der Waals surface area (Å²) in [6, 6.07) is 3.58. The Bertz CT molecular complexity index is 732. The van der Waals surface area contributed by atoms with E-state index in [9.17, 15) is 9.59 Å². The van der Waals surface area contributed by atoms with Crippen LogP contribution in [0.3, 0.4) is 0 Å². The molecule has 1 amide bonds. The maximum absolute atomic E-state index is 12.8. The van der Waals surface area contributed by atoms with Crippen molar-refractivity contribution >= 4 is 17.5 Å². The van der Waals surface area contributed by atoms with Crippen LogP contribution in [0.15, 0.2) is 18.3 Å². The van der Waals surface area contributed by atoms with E-state index in [-0.39, 0.29) is 11.8 Å². The Morgan fingerprint density at radius 2 is 2.04 bits per heavy atom.